The molecule has 1 unspecified atom stereocenters. The molecule has 2 heterocycles. The van der Waals surface area contributed by atoms with Crippen molar-refractivity contribution < 1.29 is 28.9 Å². The highest BCUT2D eigenvalue weighted by Crippen LogP contribution is 2.42. The molecule has 0 bridgehead atoms. The van der Waals surface area contributed by atoms with E-state index in [-0.39, 0.29) is 17.9 Å². The largest absolute Gasteiger partial charge is 0.507 e. The molecule has 2 aromatic carbocycles. The number of Topliss-reactive ketones (excluding diaryl/α,β-unsaturated/α-hetero) is 1. The first kappa shape index (κ1) is 27.7. The Bertz CT molecular complexity index is 1320. The van der Waals surface area contributed by atoms with Crippen molar-refractivity contribution in [3.05, 3.63) is 89.3 Å². The molecule has 1 aromatic heterocycles. The van der Waals surface area contributed by atoms with Gasteiger partial charge in [-0.3, -0.25) is 14.6 Å². The van der Waals surface area contributed by atoms with E-state index in [0.717, 1.165) is 18.4 Å². The maximum atomic E-state index is 13.4. The van der Waals surface area contributed by atoms with E-state index in [1.165, 1.54) is 4.90 Å². The summed E-state index contributed by atoms with van der Waals surface area (Å²) < 4.78 is 17.3. The predicted octanol–water partition coefficient (Wildman–Crippen LogP) is 5.68. The molecule has 1 aliphatic heterocycles. The van der Waals surface area contributed by atoms with Crippen LogP contribution in [0.3, 0.4) is 0 Å². The van der Waals surface area contributed by atoms with E-state index in [0.29, 0.717) is 48.2 Å². The lowest BCUT2D eigenvalue weighted by atomic mass is 9.94. The lowest BCUT2D eigenvalue weighted by Crippen LogP contribution is -2.29. The van der Waals surface area contributed by atoms with Crippen LogP contribution in [0.15, 0.2) is 72.6 Å². The number of nitrogens with zero attached hydrogens (tertiary/aromatic N) is 2. The molecule has 1 saturated heterocycles. The van der Waals surface area contributed by atoms with Gasteiger partial charge in [-0.2, -0.15) is 0 Å². The lowest BCUT2D eigenvalue weighted by Gasteiger charge is -2.26. The predicted molar refractivity (Wildman–Crippen MR) is 148 cm³/mol. The number of amides is 1. The number of carbonyl (C=O) groups is 2. The minimum atomic E-state index is -0.847. The fourth-order valence-corrected chi connectivity index (χ4v) is 4.51. The van der Waals surface area contributed by atoms with E-state index < -0.39 is 17.7 Å². The zero-order valence-electron chi connectivity index (χ0n) is 22.6. The molecule has 1 fully saturated rings. The van der Waals surface area contributed by atoms with Gasteiger partial charge in [0.2, 0.25) is 0 Å². The molecule has 3 aromatic rings. The number of unbranched alkanes of at least 4 members (excludes halogenated alkanes) is 1. The van der Waals surface area contributed by atoms with Crippen molar-refractivity contribution in [3.63, 3.8) is 0 Å². The average molecular weight is 531 g/mol. The number of carbonyl (C=O) groups excluding carboxylic acids is 2. The van der Waals surface area contributed by atoms with Crippen LogP contribution >= 0.6 is 0 Å². The van der Waals surface area contributed by atoms with Crippen LogP contribution in [0, 0.1) is 0 Å². The highest BCUT2D eigenvalue weighted by molar-refractivity contribution is 6.46. The zero-order chi connectivity index (χ0) is 27.8. The number of likely N-dealkylation sites (tertiary alicyclic amines) is 1. The van der Waals surface area contributed by atoms with E-state index in [9.17, 15) is 14.7 Å². The van der Waals surface area contributed by atoms with Gasteiger partial charge in [-0.25, -0.2) is 0 Å². The number of hydrogen-bond acceptors (Lipinski definition) is 7. The summed E-state index contributed by atoms with van der Waals surface area (Å²) in [5, 5.41) is 11.4. The Morgan fingerprint density at radius 3 is 2.36 bits per heavy atom. The first-order chi connectivity index (χ1) is 19.0. The summed E-state index contributed by atoms with van der Waals surface area (Å²) >= 11 is 0. The molecular formula is C31H34N2O6. The second-order valence-corrected chi connectivity index (χ2v) is 9.09. The second kappa shape index (κ2) is 13.0. The number of benzene rings is 2. The SMILES string of the molecule is CCCCOc1ccc(/C(O)=C2\C(=O)C(=O)N(Cc3cccnc3)C2c2ccc(OCC)c(OCC)c2)cc1. The van der Waals surface area contributed by atoms with Crippen LogP contribution in [0.2, 0.25) is 0 Å². The Labute approximate surface area is 228 Å². The summed E-state index contributed by atoms with van der Waals surface area (Å²) in [5.74, 6) is 0.0251. The third-order valence-electron chi connectivity index (χ3n) is 6.39. The number of aromatic nitrogens is 1. The molecular weight excluding hydrogens is 496 g/mol. The van der Waals surface area contributed by atoms with E-state index in [1.807, 2.05) is 19.9 Å². The monoisotopic (exact) mass is 530 g/mol. The topological polar surface area (TPSA) is 98.2 Å². The number of ketones is 1. The fraction of sp³-hybridized carbons (Fsp3) is 0.323. The van der Waals surface area contributed by atoms with Gasteiger partial charge in [0.05, 0.1) is 31.4 Å². The molecule has 0 aliphatic carbocycles. The third kappa shape index (κ3) is 6.22. The van der Waals surface area contributed by atoms with Crippen molar-refractivity contribution >= 4 is 17.4 Å². The molecule has 0 spiro atoms. The maximum Gasteiger partial charge on any atom is 0.295 e. The van der Waals surface area contributed by atoms with Gasteiger partial charge < -0.3 is 24.2 Å². The van der Waals surface area contributed by atoms with Gasteiger partial charge in [0.15, 0.2) is 11.5 Å². The van der Waals surface area contributed by atoms with Crippen LogP contribution in [0.25, 0.3) is 5.76 Å². The molecule has 4 rings (SSSR count). The minimum Gasteiger partial charge on any atom is -0.507 e. The van der Waals surface area contributed by atoms with Crippen LogP contribution in [-0.2, 0) is 16.1 Å². The summed E-state index contributed by atoms with van der Waals surface area (Å²) in [5.41, 5.74) is 1.80. The molecule has 0 radical (unpaired) electrons. The highest BCUT2D eigenvalue weighted by Gasteiger charge is 2.46. The third-order valence-corrected chi connectivity index (χ3v) is 6.39. The van der Waals surface area contributed by atoms with E-state index in [2.05, 4.69) is 11.9 Å². The van der Waals surface area contributed by atoms with Crippen molar-refractivity contribution in [2.75, 3.05) is 19.8 Å². The standard InChI is InChI=1S/C31H34N2O6/c1-4-7-17-39-24-13-10-22(11-14-24)29(34)27-28(23-12-15-25(37-5-2)26(18-23)38-6-3)33(31(36)30(27)35)20-21-9-8-16-32-19-21/h8-16,18-19,28,34H,4-7,17,20H2,1-3H3/b29-27+. The van der Waals surface area contributed by atoms with Crippen LogP contribution in [0.4, 0.5) is 0 Å². The van der Waals surface area contributed by atoms with Crippen molar-refractivity contribution in [1.29, 1.82) is 0 Å². The van der Waals surface area contributed by atoms with Crippen molar-refractivity contribution in [2.24, 2.45) is 0 Å². The van der Waals surface area contributed by atoms with E-state index >= 15 is 0 Å². The smallest absolute Gasteiger partial charge is 0.295 e. The van der Waals surface area contributed by atoms with Gasteiger partial charge >= 0.3 is 0 Å². The quantitative estimate of drug-likeness (QED) is 0.139. The lowest BCUT2D eigenvalue weighted by molar-refractivity contribution is -0.140. The molecule has 39 heavy (non-hydrogen) atoms. The van der Waals surface area contributed by atoms with Gasteiger partial charge in [-0.05, 0) is 73.9 Å². The van der Waals surface area contributed by atoms with Gasteiger partial charge in [0.1, 0.15) is 11.5 Å². The Morgan fingerprint density at radius 1 is 0.949 bits per heavy atom. The highest BCUT2D eigenvalue weighted by atomic mass is 16.5. The molecule has 0 saturated carbocycles. The molecule has 1 N–H and O–H groups in total. The first-order valence-electron chi connectivity index (χ1n) is 13.3. The van der Waals surface area contributed by atoms with Crippen LogP contribution in [0.5, 0.6) is 17.2 Å². The van der Waals surface area contributed by atoms with Crippen molar-refractivity contribution in [3.8, 4) is 17.2 Å². The Kier molecular flexibility index (Phi) is 9.20. The number of ether oxygens (including phenoxy) is 3. The second-order valence-electron chi connectivity index (χ2n) is 9.09. The maximum absolute atomic E-state index is 13.4. The summed E-state index contributed by atoms with van der Waals surface area (Å²) in [4.78, 5) is 32.4. The normalized spacial score (nSPS) is 16.4. The van der Waals surface area contributed by atoms with Gasteiger partial charge in [-0.15, -0.1) is 0 Å². The number of hydrogen-bond donors (Lipinski definition) is 1. The molecule has 1 amide bonds. The van der Waals surface area contributed by atoms with E-state index in [1.54, 1.807) is 60.9 Å². The summed E-state index contributed by atoms with van der Waals surface area (Å²) in [7, 11) is 0. The average Bonchev–Trinajstić information content (AvgIpc) is 3.20. The van der Waals surface area contributed by atoms with Gasteiger partial charge in [0, 0.05) is 24.5 Å². The van der Waals surface area contributed by atoms with Gasteiger partial charge in [-0.1, -0.05) is 25.5 Å². The van der Waals surface area contributed by atoms with Crippen molar-refractivity contribution in [1.82, 2.24) is 9.88 Å². The summed E-state index contributed by atoms with van der Waals surface area (Å²) in [6.45, 7) is 7.44. The van der Waals surface area contributed by atoms with Crippen LogP contribution in [-0.4, -0.2) is 46.5 Å². The minimum absolute atomic E-state index is 0.00940. The van der Waals surface area contributed by atoms with E-state index in [4.69, 9.17) is 14.2 Å². The summed E-state index contributed by atoms with van der Waals surface area (Å²) in [6, 6.07) is 14.9. The number of pyridine rings is 1. The fourth-order valence-electron chi connectivity index (χ4n) is 4.51. The zero-order valence-corrected chi connectivity index (χ0v) is 22.6. The molecule has 8 heteroatoms. The van der Waals surface area contributed by atoms with Crippen LogP contribution < -0.4 is 14.2 Å². The molecule has 204 valence electrons. The number of rotatable bonds is 12. The first-order valence-corrected chi connectivity index (χ1v) is 13.3. The van der Waals surface area contributed by atoms with Crippen molar-refractivity contribution in [2.45, 2.75) is 46.2 Å². The Morgan fingerprint density at radius 2 is 1.69 bits per heavy atom. The summed E-state index contributed by atoms with van der Waals surface area (Å²) in [6.07, 6.45) is 5.26. The number of aliphatic hydroxyl groups excluding tert-OH is 1. The number of aliphatic hydroxyl groups is 1. The Hall–Kier alpha value is -4.33. The molecule has 8 nitrogen and oxygen atoms in total. The Balaban J connectivity index is 1.79. The van der Waals surface area contributed by atoms with Gasteiger partial charge in [0.25, 0.3) is 11.7 Å². The van der Waals surface area contributed by atoms with Crippen LogP contribution in [0.1, 0.15) is 56.3 Å². The molecule has 1 aliphatic rings. The molecule has 1 atom stereocenters.